The minimum absolute atomic E-state index is 0.104. The molecule has 4 rings (SSSR count). The van der Waals surface area contributed by atoms with Crippen LogP contribution in [0.5, 0.6) is 0 Å². The van der Waals surface area contributed by atoms with Crippen LogP contribution in [0.4, 0.5) is 11.4 Å². The van der Waals surface area contributed by atoms with Crippen molar-refractivity contribution in [3.63, 3.8) is 0 Å². The van der Waals surface area contributed by atoms with Crippen molar-refractivity contribution in [2.24, 2.45) is 0 Å². The third kappa shape index (κ3) is 6.70. The quantitative estimate of drug-likeness (QED) is 0.201. The summed E-state index contributed by atoms with van der Waals surface area (Å²) in [4.78, 5) is 52.2. The van der Waals surface area contributed by atoms with Gasteiger partial charge >= 0.3 is 17.8 Å². The van der Waals surface area contributed by atoms with Crippen LogP contribution in [0, 0.1) is 0 Å². The Kier molecular flexibility index (Phi) is 9.00. The van der Waals surface area contributed by atoms with Crippen LogP contribution in [0.3, 0.4) is 0 Å². The van der Waals surface area contributed by atoms with E-state index in [1.807, 2.05) is 24.3 Å². The summed E-state index contributed by atoms with van der Waals surface area (Å²) < 4.78 is 10.7. The van der Waals surface area contributed by atoms with Gasteiger partial charge in [0.15, 0.2) is 0 Å². The number of allylic oxidation sites excluding steroid dienone is 1. The third-order valence-corrected chi connectivity index (χ3v) is 6.76. The number of hydrogen-bond donors (Lipinski definition) is 2. The monoisotopic (exact) mass is 595 g/mol. The molecule has 3 amide bonds. The fraction of sp³-hybridized carbons (Fsp3) is 0.200. The molecule has 3 aromatic rings. The molecule has 1 aliphatic rings. The number of amides is 3. The van der Waals surface area contributed by atoms with Crippen molar-refractivity contribution in [3.05, 3.63) is 98.6 Å². The van der Waals surface area contributed by atoms with Gasteiger partial charge in [-0.1, -0.05) is 49.2 Å². The Labute approximate surface area is 246 Å². The number of halogens is 2. The Balaban J connectivity index is 1.49. The van der Waals surface area contributed by atoms with Gasteiger partial charge in [0.25, 0.3) is 5.91 Å². The highest BCUT2D eigenvalue weighted by Crippen LogP contribution is 2.36. The molecule has 2 aromatic carbocycles. The number of esters is 1. The number of ether oxygens (including phenoxy) is 1. The fourth-order valence-electron chi connectivity index (χ4n) is 4.27. The second kappa shape index (κ2) is 12.4. The van der Waals surface area contributed by atoms with Crippen molar-refractivity contribution in [2.75, 3.05) is 17.3 Å². The molecule has 0 atom stereocenters. The number of carbonyl (C=O) groups is 4. The van der Waals surface area contributed by atoms with Gasteiger partial charge in [0.05, 0.1) is 24.8 Å². The van der Waals surface area contributed by atoms with Gasteiger partial charge in [0, 0.05) is 27.1 Å². The minimum atomic E-state index is -0.918. The molecule has 212 valence electrons. The highest BCUT2D eigenvalue weighted by atomic mass is 35.5. The van der Waals surface area contributed by atoms with E-state index >= 15 is 0 Å². The van der Waals surface area contributed by atoms with Crippen LogP contribution >= 0.6 is 23.2 Å². The largest absolute Gasteiger partial charge is 0.465 e. The van der Waals surface area contributed by atoms with Crippen LogP contribution < -0.4 is 15.5 Å². The Morgan fingerprint density at radius 1 is 1.00 bits per heavy atom. The zero-order valence-corrected chi connectivity index (χ0v) is 24.2. The van der Waals surface area contributed by atoms with Crippen molar-refractivity contribution in [2.45, 2.75) is 33.2 Å². The van der Waals surface area contributed by atoms with E-state index < -0.39 is 23.7 Å². The van der Waals surface area contributed by atoms with Crippen LogP contribution in [0.1, 0.15) is 43.8 Å². The first-order valence-corrected chi connectivity index (χ1v) is 13.3. The number of methoxy groups -OCH3 is 1. The molecule has 0 bridgehead atoms. The average Bonchev–Trinajstić information content (AvgIpc) is 3.47. The summed E-state index contributed by atoms with van der Waals surface area (Å²) in [5, 5.41) is 5.48. The zero-order valence-electron chi connectivity index (χ0n) is 22.7. The lowest BCUT2D eigenvalue weighted by Crippen LogP contribution is -2.34. The maximum Gasteiger partial charge on any atom is 0.340 e. The van der Waals surface area contributed by atoms with E-state index in [0.717, 1.165) is 5.56 Å². The highest BCUT2D eigenvalue weighted by Gasteiger charge is 2.38. The Bertz CT molecular complexity index is 1570. The summed E-state index contributed by atoms with van der Waals surface area (Å²) in [6.07, 6.45) is 1.45. The van der Waals surface area contributed by atoms with Crippen LogP contribution in [0.2, 0.25) is 10.0 Å². The van der Waals surface area contributed by atoms with Gasteiger partial charge in [-0.2, -0.15) is 0 Å². The lowest BCUT2D eigenvalue weighted by Gasteiger charge is -2.18. The molecule has 2 heterocycles. The summed E-state index contributed by atoms with van der Waals surface area (Å²) in [7, 11) is 1.25. The predicted molar refractivity (Wildman–Crippen MR) is 156 cm³/mol. The Morgan fingerprint density at radius 3 is 2.27 bits per heavy atom. The van der Waals surface area contributed by atoms with Gasteiger partial charge in [0.1, 0.15) is 11.5 Å². The molecule has 0 saturated heterocycles. The van der Waals surface area contributed by atoms with Crippen molar-refractivity contribution < 1.29 is 28.3 Å². The molecule has 0 radical (unpaired) electrons. The number of anilines is 2. The average molecular weight is 596 g/mol. The van der Waals surface area contributed by atoms with Crippen LogP contribution in [0.15, 0.2) is 75.9 Å². The van der Waals surface area contributed by atoms with E-state index in [4.69, 9.17) is 32.4 Å². The van der Waals surface area contributed by atoms with Gasteiger partial charge in [-0.3, -0.25) is 19.3 Å². The lowest BCUT2D eigenvalue weighted by atomic mass is 10.0. The van der Waals surface area contributed by atoms with Crippen molar-refractivity contribution in [1.82, 2.24) is 5.32 Å². The first-order chi connectivity index (χ1) is 19.5. The highest BCUT2D eigenvalue weighted by molar-refractivity contribution is 6.40. The van der Waals surface area contributed by atoms with Gasteiger partial charge in [-0.25, -0.2) is 4.79 Å². The van der Waals surface area contributed by atoms with E-state index in [1.165, 1.54) is 36.3 Å². The smallest absolute Gasteiger partial charge is 0.340 e. The second-order valence-corrected chi connectivity index (χ2v) is 10.4. The molecule has 11 heteroatoms. The number of nitrogens with zero attached hydrogens (tertiary/aromatic N) is 1. The van der Waals surface area contributed by atoms with E-state index in [-0.39, 0.29) is 29.1 Å². The molecule has 0 saturated carbocycles. The molecule has 2 N–H and O–H groups in total. The summed E-state index contributed by atoms with van der Waals surface area (Å²) in [5.74, 6) is -1.99. The summed E-state index contributed by atoms with van der Waals surface area (Å²) in [5.41, 5.74) is 2.65. The van der Waals surface area contributed by atoms with Crippen LogP contribution in [-0.2, 0) is 30.5 Å². The normalized spacial score (nSPS) is 14.2. The van der Waals surface area contributed by atoms with E-state index in [2.05, 4.69) is 24.5 Å². The first kappa shape index (κ1) is 29.6. The van der Waals surface area contributed by atoms with Crippen LogP contribution in [-0.4, -0.2) is 30.8 Å². The van der Waals surface area contributed by atoms with Gasteiger partial charge in [-0.05, 0) is 66.9 Å². The molecular formula is C30H27Cl2N3O6. The summed E-state index contributed by atoms with van der Waals surface area (Å²) >= 11 is 11.8. The molecule has 1 aliphatic heterocycles. The van der Waals surface area contributed by atoms with Gasteiger partial charge in [-0.15, -0.1) is 0 Å². The summed E-state index contributed by atoms with van der Waals surface area (Å²) in [6, 6.07) is 15.1. The fourth-order valence-corrected chi connectivity index (χ4v) is 4.80. The Morgan fingerprint density at radius 2 is 1.66 bits per heavy atom. The van der Waals surface area contributed by atoms with Crippen molar-refractivity contribution in [3.8, 4) is 0 Å². The third-order valence-electron chi connectivity index (χ3n) is 6.33. The van der Waals surface area contributed by atoms with E-state index in [1.54, 1.807) is 19.1 Å². The van der Waals surface area contributed by atoms with Crippen molar-refractivity contribution in [1.29, 1.82) is 0 Å². The number of hydrogen-bond acceptors (Lipinski definition) is 6. The maximum absolute atomic E-state index is 13.5. The van der Waals surface area contributed by atoms with Gasteiger partial charge < -0.3 is 19.8 Å². The topological polar surface area (TPSA) is 118 Å². The van der Waals surface area contributed by atoms with E-state index in [0.29, 0.717) is 33.1 Å². The van der Waals surface area contributed by atoms with Crippen molar-refractivity contribution >= 4 is 64.3 Å². The number of furan rings is 1. The molecule has 0 fully saturated rings. The summed E-state index contributed by atoms with van der Waals surface area (Å²) in [6.45, 7) is 5.72. The molecule has 9 nitrogen and oxygen atoms in total. The number of nitrogens with one attached hydrogen (secondary N) is 2. The number of benzene rings is 2. The molecule has 0 aliphatic carbocycles. The molecule has 1 aromatic heterocycles. The predicted octanol–water partition coefficient (Wildman–Crippen LogP) is 5.84. The zero-order chi connectivity index (χ0) is 29.8. The molecule has 0 unspecified atom stereocenters. The Hall–Kier alpha value is -4.34. The second-order valence-electron chi connectivity index (χ2n) is 9.50. The lowest BCUT2D eigenvalue weighted by molar-refractivity contribution is -0.136. The minimum Gasteiger partial charge on any atom is -0.465 e. The molecule has 41 heavy (non-hydrogen) atoms. The van der Waals surface area contributed by atoms with E-state index in [9.17, 15) is 19.2 Å². The standard InChI is InChI=1S/C30H27Cl2N3O6/c1-16(2)18-5-7-22(8-6-18)35-17(3)26(30(39)40-4)25(29(35)38)14-23-9-10-24(41-23)15-33-27(36)28(37)34-21-12-19(31)11-20(32)13-21/h5-14,16H,15H2,1-4H3,(H,33,36)(H,34,37)/b25-14+. The van der Waals surface area contributed by atoms with Gasteiger partial charge in [0.2, 0.25) is 0 Å². The SMILES string of the molecule is COC(=O)C1=C(C)N(c2ccc(C(C)C)cc2)C(=O)/C1=C/c1ccc(CNC(=O)C(=O)Nc2cc(Cl)cc(Cl)c2)o1. The number of carbonyl (C=O) groups excluding carboxylic acids is 4. The van der Waals surface area contributed by atoms with Crippen LogP contribution in [0.25, 0.3) is 6.08 Å². The number of rotatable bonds is 7. The molecule has 0 spiro atoms. The first-order valence-electron chi connectivity index (χ1n) is 12.6. The molecular weight excluding hydrogens is 569 g/mol. The maximum atomic E-state index is 13.5.